The van der Waals surface area contributed by atoms with E-state index >= 15 is 0 Å². The molecule has 1 heterocycles. The highest BCUT2D eigenvalue weighted by molar-refractivity contribution is 9.10. The topological polar surface area (TPSA) is 112 Å². The molecule has 0 bridgehead atoms. The molecule has 0 saturated carbocycles. The number of hydrogen-bond acceptors (Lipinski definition) is 4. The number of rotatable bonds is 4. The monoisotopic (exact) mass is 381 g/mol. The molecule has 2 aromatic rings. The molecule has 2 rings (SSSR count). The average molecular weight is 382 g/mol. The maximum absolute atomic E-state index is 13.6. The Morgan fingerprint density at radius 2 is 2.00 bits per heavy atom. The third-order valence-corrected chi connectivity index (χ3v) is 4.30. The summed E-state index contributed by atoms with van der Waals surface area (Å²) in [5.74, 6) is -3.47. The Kier molecular flexibility index (Phi) is 3.96. The molecule has 1 aromatic carbocycles. The Morgan fingerprint density at radius 3 is 2.62 bits per heavy atom. The molecule has 0 aliphatic rings. The highest BCUT2D eigenvalue weighted by atomic mass is 79.9. The van der Waals surface area contributed by atoms with Crippen LogP contribution in [0.1, 0.15) is 10.4 Å². The maximum Gasteiger partial charge on any atom is 0.340 e. The molecule has 0 spiro atoms. The molecule has 0 aliphatic carbocycles. The SMILES string of the molecule is O=C(O)c1cn[nH]c1S(=O)(=O)Nc1cc(F)c(Br)cc1F. The first-order valence-electron chi connectivity index (χ1n) is 5.16. The van der Waals surface area contributed by atoms with Gasteiger partial charge in [-0.1, -0.05) is 0 Å². The molecular weight excluding hydrogens is 376 g/mol. The molecule has 0 radical (unpaired) electrons. The van der Waals surface area contributed by atoms with Crippen molar-refractivity contribution in [3.8, 4) is 0 Å². The number of anilines is 1. The van der Waals surface area contributed by atoms with E-state index in [-0.39, 0.29) is 4.47 Å². The fraction of sp³-hybridized carbons (Fsp3) is 0. The minimum absolute atomic E-state index is 0.185. The number of nitrogens with zero attached hydrogens (tertiary/aromatic N) is 1. The Bertz CT molecular complexity index is 822. The molecule has 1 aromatic heterocycles. The molecule has 0 amide bonds. The van der Waals surface area contributed by atoms with E-state index < -0.39 is 43.9 Å². The standard InChI is InChI=1S/C10H6BrF2N3O4S/c11-5-1-7(13)8(2-6(5)12)16-21(19,20)9-4(10(17)18)3-14-15-9/h1-3,16H,(H,14,15)(H,17,18). The summed E-state index contributed by atoms with van der Waals surface area (Å²) >= 11 is 2.74. The first-order chi connectivity index (χ1) is 9.72. The second-order valence-corrected chi connectivity index (χ2v) is 6.24. The number of benzene rings is 1. The zero-order valence-electron chi connectivity index (χ0n) is 9.89. The summed E-state index contributed by atoms with van der Waals surface area (Å²) in [4.78, 5) is 10.9. The Morgan fingerprint density at radius 1 is 1.33 bits per heavy atom. The van der Waals surface area contributed by atoms with Gasteiger partial charge in [-0.3, -0.25) is 9.82 Å². The van der Waals surface area contributed by atoms with Gasteiger partial charge in [0.15, 0.2) is 5.03 Å². The van der Waals surface area contributed by atoms with Crippen molar-refractivity contribution >= 4 is 37.6 Å². The maximum atomic E-state index is 13.6. The molecule has 0 saturated heterocycles. The molecule has 0 fully saturated rings. The second-order valence-electron chi connectivity index (χ2n) is 3.77. The van der Waals surface area contributed by atoms with Crippen molar-refractivity contribution in [2.24, 2.45) is 0 Å². The number of halogens is 3. The summed E-state index contributed by atoms with van der Waals surface area (Å²) in [5.41, 5.74) is -1.29. The van der Waals surface area contributed by atoms with E-state index in [0.29, 0.717) is 6.07 Å². The van der Waals surface area contributed by atoms with Gasteiger partial charge in [-0.15, -0.1) is 0 Å². The number of hydrogen-bond donors (Lipinski definition) is 3. The quantitative estimate of drug-likeness (QED) is 0.700. The van der Waals surface area contributed by atoms with Gasteiger partial charge < -0.3 is 5.11 Å². The Balaban J connectivity index is 2.45. The number of carboxylic acid groups (broad SMARTS) is 1. The smallest absolute Gasteiger partial charge is 0.340 e. The number of sulfonamides is 1. The first kappa shape index (κ1) is 15.4. The van der Waals surface area contributed by atoms with E-state index in [2.05, 4.69) is 21.0 Å². The van der Waals surface area contributed by atoms with Crippen LogP contribution in [0.3, 0.4) is 0 Å². The largest absolute Gasteiger partial charge is 0.478 e. The lowest BCUT2D eigenvalue weighted by molar-refractivity contribution is 0.0692. The van der Waals surface area contributed by atoms with Crippen LogP contribution >= 0.6 is 15.9 Å². The zero-order chi connectivity index (χ0) is 15.8. The third kappa shape index (κ3) is 3.03. The summed E-state index contributed by atoms with van der Waals surface area (Å²) in [6.45, 7) is 0. The number of H-pyrrole nitrogens is 1. The molecule has 0 atom stereocenters. The van der Waals surface area contributed by atoms with Gasteiger partial charge in [-0.25, -0.2) is 13.6 Å². The summed E-state index contributed by atoms with van der Waals surface area (Å²) in [5, 5.41) is 13.4. The van der Waals surface area contributed by atoms with E-state index in [1.54, 1.807) is 4.72 Å². The molecular formula is C10H6BrF2N3O4S. The molecule has 112 valence electrons. The molecule has 7 nitrogen and oxygen atoms in total. The van der Waals surface area contributed by atoms with Gasteiger partial charge in [0.1, 0.15) is 17.2 Å². The van der Waals surface area contributed by atoms with E-state index in [1.807, 2.05) is 5.10 Å². The lowest BCUT2D eigenvalue weighted by Gasteiger charge is -2.09. The van der Waals surface area contributed by atoms with Crippen LogP contribution in [0.15, 0.2) is 27.8 Å². The summed E-state index contributed by atoms with van der Waals surface area (Å²) in [6.07, 6.45) is 0.787. The Labute approximate surface area is 125 Å². The summed E-state index contributed by atoms with van der Waals surface area (Å²) < 4.78 is 52.5. The minimum atomic E-state index is -4.47. The van der Waals surface area contributed by atoms with Gasteiger partial charge in [0.05, 0.1) is 16.4 Å². The highest BCUT2D eigenvalue weighted by Crippen LogP contribution is 2.25. The fourth-order valence-corrected chi connectivity index (χ4v) is 2.89. The van der Waals surface area contributed by atoms with Gasteiger partial charge in [0.25, 0.3) is 10.0 Å². The van der Waals surface area contributed by atoms with Crippen molar-refractivity contribution in [1.82, 2.24) is 10.2 Å². The van der Waals surface area contributed by atoms with Crippen LogP contribution in [-0.4, -0.2) is 29.7 Å². The van der Waals surface area contributed by atoms with Crippen molar-refractivity contribution in [1.29, 1.82) is 0 Å². The summed E-state index contributed by atoms with van der Waals surface area (Å²) in [7, 11) is -4.47. The number of aromatic amines is 1. The van der Waals surface area contributed by atoms with Gasteiger partial charge >= 0.3 is 5.97 Å². The van der Waals surface area contributed by atoms with Crippen LogP contribution in [0.25, 0.3) is 0 Å². The number of carbonyl (C=O) groups is 1. The van der Waals surface area contributed by atoms with Crippen LogP contribution in [0.2, 0.25) is 0 Å². The predicted molar refractivity (Wildman–Crippen MR) is 70.4 cm³/mol. The minimum Gasteiger partial charge on any atom is -0.478 e. The van der Waals surface area contributed by atoms with E-state index in [1.165, 1.54) is 0 Å². The normalized spacial score (nSPS) is 11.4. The number of nitrogens with one attached hydrogen (secondary N) is 2. The lowest BCUT2D eigenvalue weighted by atomic mass is 10.3. The van der Waals surface area contributed by atoms with Gasteiger partial charge in [-0.05, 0) is 22.0 Å². The number of aromatic carboxylic acids is 1. The van der Waals surface area contributed by atoms with Crippen molar-refractivity contribution in [2.75, 3.05) is 4.72 Å². The summed E-state index contributed by atoms with van der Waals surface area (Å²) in [6, 6.07) is 1.35. The highest BCUT2D eigenvalue weighted by Gasteiger charge is 2.26. The van der Waals surface area contributed by atoms with Crippen molar-refractivity contribution < 1.29 is 27.1 Å². The second kappa shape index (κ2) is 5.41. The van der Waals surface area contributed by atoms with Crippen LogP contribution in [-0.2, 0) is 10.0 Å². The molecule has 21 heavy (non-hydrogen) atoms. The third-order valence-electron chi connectivity index (χ3n) is 2.36. The van der Waals surface area contributed by atoms with Crippen LogP contribution in [0.4, 0.5) is 14.5 Å². The van der Waals surface area contributed by atoms with Gasteiger partial charge in [-0.2, -0.15) is 13.5 Å². The molecule has 11 heteroatoms. The van der Waals surface area contributed by atoms with Gasteiger partial charge in [0.2, 0.25) is 0 Å². The van der Waals surface area contributed by atoms with E-state index in [4.69, 9.17) is 5.11 Å². The number of carboxylic acids is 1. The van der Waals surface area contributed by atoms with Crippen LogP contribution in [0, 0.1) is 11.6 Å². The van der Waals surface area contributed by atoms with Crippen molar-refractivity contribution in [3.63, 3.8) is 0 Å². The van der Waals surface area contributed by atoms with Crippen LogP contribution < -0.4 is 4.72 Å². The predicted octanol–water partition coefficient (Wildman–Crippen LogP) is 1.95. The Hall–Kier alpha value is -2.01. The first-order valence-corrected chi connectivity index (χ1v) is 7.44. The molecule has 0 unspecified atom stereocenters. The van der Waals surface area contributed by atoms with Crippen molar-refractivity contribution in [3.05, 3.63) is 40.0 Å². The lowest BCUT2D eigenvalue weighted by Crippen LogP contribution is -2.17. The molecule has 0 aliphatic heterocycles. The fourth-order valence-electron chi connectivity index (χ4n) is 1.43. The van der Waals surface area contributed by atoms with Crippen LogP contribution in [0.5, 0.6) is 0 Å². The van der Waals surface area contributed by atoms with E-state index in [9.17, 15) is 22.0 Å². The number of aromatic nitrogens is 2. The van der Waals surface area contributed by atoms with Gasteiger partial charge in [0, 0.05) is 6.07 Å². The molecule has 3 N–H and O–H groups in total. The van der Waals surface area contributed by atoms with Crippen molar-refractivity contribution in [2.45, 2.75) is 5.03 Å². The van der Waals surface area contributed by atoms with E-state index in [0.717, 1.165) is 12.3 Å². The zero-order valence-corrected chi connectivity index (χ0v) is 12.3. The average Bonchev–Trinajstić information content (AvgIpc) is 2.85.